The third-order valence-electron chi connectivity index (χ3n) is 3.80. The lowest BCUT2D eigenvalue weighted by molar-refractivity contribution is -0.137. The zero-order chi connectivity index (χ0) is 14.9. The van der Waals surface area contributed by atoms with Crippen molar-refractivity contribution in [2.24, 2.45) is 11.3 Å². The van der Waals surface area contributed by atoms with Gasteiger partial charge in [0.15, 0.2) is 0 Å². The molecule has 1 N–H and O–H groups in total. The highest BCUT2D eigenvalue weighted by Crippen LogP contribution is 2.32. The average molecular weight is 271 g/mol. The van der Waals surface area contributed by atoms with Gasteiger partial charge in [-0.05, 0) is 56.7 Å². The SMILES string of the molecule is CCCN(CCC)CCC(CCC(=O)O)C(C)(C)C. The first-order valence-corrected chi connectivity index (χ1v) is 7.75. The van der Waals surface area contributed by atoms with Gasteiger partial charge in [0.25, 0.3) is 0 Å². The molecule has 0 aromatic rings. The number of aliphatic carboxylic acids is 1. The van der Waals surface area contributed by atoms with Crippen LogP contribution in [0, 0.1) is 11.3 Å². The van der Waals surface area contributed by atoms with Gasteiger partial charge < -0.3 is 10.0 Å². The molecule has 3 heteroatoms. The minimum Gasteiger partial charge on any atom is -0.481 e. The zero-order valence-corrected chi connectivity index (χ0v) is 13.5. The van der Waals surface area contributed by atoms with Crippen molar-refractivity contribution in [1.82, 2.24) is 4.90 Å². The molecule has 3 nitrogen and oxygen atoms in total. The second-order valence-corrected chi connectivity index (χ2v) is 6.63. The molecule has 114 valence electrons. The fourth-order valence-corrected chi connectivity index (χ4v) is 2.61. The lowest BCUT2D eigenvalue weighted by atomic mass is 9.76. The molecule has 0 heterocycles. The smallest absolute Gasteiger partial charge is 0.303 e. The number of carboxylic acid groups (broad SMARTS) is 1. The Balaban J connectivity index is 4.33. The molecule has 1 unspecified atom stereocenters. The number of rotatable bonds is 10. The van der Waals surface area contributed by atoms with Crippen molar-refractivity contribution in [2.75, 3.05) is 19.6 Å². The minimum absolute atomic E-state index is 0.194. The summed E-state index contributed by atoms with van der Waals surface area (Å²) in [5, 5.41) is 8.86. The topological polar surface area (TPSA) is 40.5 Å². The van der Waals surface area contributed by atoms with Gasteiger partial charge in [-0.1, -0.05) is 34.6 Å². The van der Waals surface area contributed by atoms with Gasteiger partial charge in [0, 0.05) is 6.42 Å². The molecule has 0 radical (unpaired) electrons. The molecule has 0 aliphatic heterocycles. The van der Waals surface area contributed by atoms with Crippen LogP contribution in [0.4, 0.5) is 0 Å². The molecular weight excluding hydrogens is 238 g/mol. The summed E-state index contributed by atoms with van der Waals surface area (Å²) in [5.74, 6) is -0.187. The van der Waals surface area contributed by atoms with Crippen LogP contribution in [0.2, 0.25) is 0 Å². The van der Waals surface area contributed by atoms with Gasteiger partial charge in [-0.15, -0.1) is 0 Å². The molecule has 0 spiro atoms. The number of hydrogen-bond acceptors (Lipinski definition) is 2. The van der Waals surface area contributed by atoms with Crippen LogP contribution in [-0.4, -0.2) is 35.6 Å². The highest BCUT2D eigenvalue weighted by atomic mass is 16.4. The Morgan fingerprint density at radius 1 is 1.05 bits per heavy atom. The van der Waals surface area contributed by atoms with Gasteiger partial charge in [0.2, 0.25) is 0 Å². The standard InChI is InChI=1S/C16H33NO2/c1-6-11-17(12-7-2)13-10-14(16(3,4)5)8-9-15(18)19/h14H,6-13H2,1-5H3,(H,18,19). The van der Waals surface area contributed by atoms with Crippen LogP contribution in [0.1, 0.15) is 66.7 Å². The van der Waals surface area contributed by atoms with Crippen LogP contribution >= 0.6 is 0 Å². The summed E-state index contributed by atoms with van der Waals surface area (Å²) in [6, 6.07) is 0. The van der Waals surface area contributed by atoms with Gasteiger partial charge in [-0.2, -0.15) is 0 Å². The molecule has 0 fully saturated rings. The van der Waals surface area contributed by atoms with E-state index in [0.29, 0.717) is 12.3 Å². The molecule has 0 saturated carbocycles. The maximum absolute atomic E-state index is 10.8. The number of hydrogen-bond donors (Lipinski definition) is 1. The minimum atomic E-state index is -0.673. The third-order valence-corrected chi connectivity index (χ3v) is 3.80. The van der Waals surface area contributed by atoms with Crippen molar-refractivity contribution in [1.29, 1.82) is 0 Å². The van der Waals surface area contributed by atoms with Crippen molar-refractivity contribution in [3.63, 3.8) is 0 Å². The molecule has 0 rings (SSSR count). The van der Waals surface area contributed by atoms with Crippen LogP contribution in [0.25, 0.3) is 0 Å². The van der Waals surface area contributed by atoms with Crippen molar-refractivity contribution < 1.29 is 9.90 Å². The second-order valence-electron chi connectivity index (χ2n) is 6.63. The summed E-state index contributed by atoms with van der Waals surface area (Å²) in [6.45, 7) is 14.5. The van der Waals surface area contributed by atoms with Gasteiger partial charge in [0.05, 0.1) is 0 Å². The fraction of sp³-hybridized carbons (Fsp3) is 0.938. The Bertz CT molecular complexity index is 240. The van der Waals surface area contributed by atoms with Crippen LogP contribution in [-0.2, 0) is 4.79 Å². The maximum Gasteiger partial charge on any atom is 0.303 e. The van der Waals surface area contributed by atoms with E-state index in [-0.39, 0.29) is 5.41 Å². The summed E-state index contributed by atoms with van der Waals surface area (Å²) in [6.07, 6.45) is 4.58. The first kappa shape index (κ1) is 18.4. The average Bonchev–Trinajstić information content (AvgIpc) is 2.27. The van der Waals surface area contributed by atoms with Crippen molar-refractivity contribution >= 4 is 5.97 Å². The molecule has 0 aliphatic carbocycles. The highest BCUT2D eigenvalue weighted by molar-refractivity contribution is 5.66. The first-order chi connectivity index (χ1) is 8.81. The van der Waals surface area contributed by atoms with Gasteiger partial charge in [-0.3, -0.25) is 4.79 Å². The highest BCUT2D eigenvalue weighted by Gasteiger charge is 2.25. The quantitative estimate of drug-likeness (QED) is 0.652. The molecule has 0 bridgehead atoms. The predicted molar refractivity (Wildman–Crippen MR) is 81.5 cm³/mol. The van der Waals surface area contributed by atoms with E-state index in [0.717, 1.165) is 32.5 Å². The lowest BCUT2D eigenvalue weighted by Gasteiger charge is -2.32. The van der Waals surface area contributed by atoms with Crippen molar-refractivity contribution in [2.45, 2.75) is 66.7 Å². The van der Waals surface area contributed by atoms with Gasteiger partial charge >= 0.3 is 5.97 Å². The lowest BCUT2D eigenvalue weighted by Crippen LogP contribution is -2.31. The fourth-order valence-electron chi connectivity index (χ4n) is 2.61. The Kier molecular flexibility index (Phi) is 9.07. The van der Waals surface area contributed by atoms with Gasteiger partial charge in [-0.25, -0.2) is 0 Å². The summed E-state index contributed by atoms with van der Waals surface area (Å²) < 4.78 is 0. The van der Waals surface area contributed by atoms with E-state index >= 15 is 0 Å². The monoisotopic (exact) mass is 271 g/mol. The number of nitrogens with zero attached hydrogens (tertiary/aromatic N) is 1. The summed E-state index contributed by atoms with van der Waals surface area (Å²) in [5.41, 5.74) is 0.194. The van der Waals surface area contributed by atoms with E-state index in [1.807, 2.05) is 0 Å². The van der Waals surface area contributed by atoms with E-state index in [2.05, 4.69) is 39.5 Å². The Labute approximate surface area is 119 Å². The molecule has 0 aromatic carbocycles. The first-order valence-electron chi connectivity index (χ1n) is 7.75. The molecule has 0 aliphatic rings. The van der Waals surface area contributed by atoms with E-state index in [1.165, 1.54) is 12.8 Å². The largest absolute Gasteiger partial charge is 0.481 e. The van der Waals surface area contributed by atoms with Crippen LogP contribution in [0.5, 0.6) is 0 Å². The van der Waals surface area contributed by atoms with E-state index < -0.39 is 5.97 Å². The van der Waals surface area contributed by atoms with E-state index in [1.54, 1.807) is 0 Å². The molecule has 1 atom stereocenters. The molecule has 19 heavy (non-hydrogen) atoms. The van der Waals surface area contributed by atoms with Crippen LogP contribution in [0.3, 0.4) is 0 Å². The van der Waals surface area contributed by atoms with Crippen LogP contribution in [0.15, 0.2) is 0 Å². The summed E-state index contributed by atoms with van der Waals surface area (Å²) in [4.78, 5) is 13.3. The number of carboxylic acids is 1. The zero-order valence-electron chi connectivity index (χ0n) is 13.5. The van der Waals surface area contributed by atoms with Crippen molar-refractivity contribution in [3.05, 3.63) is 0 Å². The third kappa shape index (κ3) is 9.04. The predicted octanol–water partition coefficient (Wildman–Crippen LogP) is 4.03. The van der Waals surface area contributed by atoms with E-state index in [4.69, 9.17) is 5.11 Å². The normalized spacial score (nSPS) is 13.8. The Hall–Kier alpha value is -0.570. The Morgan fingerprint density at radius 2 is 1.58 bits per heavy atom. The molecule has 0 saturated heterocycles. The maximum atomic E-state index is 10.8. The molecule has 0 amide bonds. The Morgan fingerprint density at radius 3 is 1.95 bits per heavy atom. The molecule has 0 aromatic heterocycles. The number of carbonyl (C=O) groups is 1. The van der Waals surface area contributed by atoms with E-state index in [9.17, 15) is 4.79 Å². The van der Waals surface area contributed by atoms with Gasteiger partial charge in [0.1, 0.15) is 0 Å². The summed E-state index contributed by atoms with van der Waals surface area (Å²) in [7, 11) is 0. The van der Waals surface area contributed by atoms with Crippen LogP contribution < -0.4 is 0 Å². The van der Waals surface area contributed by atoms with Crippen molar-refractivity contribution in [3.8, 4) is 0 Å². The molecular formula is C16H33NO2. The summed E-state index contributed by atoms with van der Waals surface area (Å²) >= 11 is 0. The second kappa shape index (κ2) is 9.35.